The second-order valence-corrected chi connectivity index (χ2v) is 19.6. The fourth-order valence-corrected chi connectivity index (χ4v) is 8.55. The molecule has 0 bridgehead atoms. The fraction of sp³-hybridized carbons (Fsp3) is 0.881. The van der Waals surface area contributed by atoms with E-state index in [1.165, 1.54) is 205 Å². The fourth-order valence-electron chi connectivity index (χ4n) is 8.55. The highest BCUT2D eigenvalue weighted by atomic mass is 16.6. The predicted octanol–water partition coefficient (Wildman–Crippen LogP) is 19.1. The van der Waals surface area contributed by atoms with Gasteiger partial charge >= 0.3 is 17.9 Å². The van der Waals surface area contributed by atoms with E-state index in [1.807, 2.05) is 0 Å². The monoisotopic (exact) mass is 915 g/mol. The lowest BCUT2D eigenvalue weighted by atomic mass is 10.0. The van der Waals surface area contributed by atoms with Crippen LogP contribution in [-0.2, 0) is 28.6 Å². The quantitative estimate of drug-likeness (QED) is 0.0262. The Labute approximate surface area is 404 Å². The number of carbonyl (C=O) groups excluding carboxylic acids is 3. The van der Waals surface area contributed by atoms with Crippen LogP contribution in [-0.4, -0.2) is 37.2 Å². The minimum Gasteiger partial charge on any atom is -0.462 e. The van der Waals surface area contributed by atoms with Crippen molar-refractivity contribution in [3.05, 3.63) is 24.3 Å². The summed E-state index contributed by atoms with van der Waals surface area (Å²) in [5.74, 6) is -0.876. The van der Waals surface area contributed by atoms with Gasteiger partial charge in [0.1, 0.15) is 13.2 Å². The van der Waals surface area contributed by atoms with Gasteiger partial charge in [0.25, 0.3) is 0 Å². The van der Waals surface area contributed by atoms with Gasteiger partial charge in [-0.25, -0.2) is 0 Å². The SMILES string of the molecule is CCCCCC/C=C\CCCCCCCCCC(=O)OC(COC(=O)CCCCC/C=C\CCCCCCCC)COC(=O)CCCCCCCCCCCCCCCCCCCCC. The van der Waals surface area contributed by atoms with E-state index >= 15 is 0 Å². The van der Waals surface area contributed by atoms with Crippen LogP contribution in [0.15, 0.2) is 24.3 Å². The van der Waals surface area contributed by atoms with Gasteiger partial charge < -0.3 is 14.2 Å². The van der Waals surface area contributed by atoms with Crippen molar-refractivity contribution in [2.75, 3.05) is 13.2 Å². The van der Waals surface area contributed by atoms with Crippen molar-refractivity contribution < 1.29 is 28.6 Å². The van der Waals surface area contributed by atoms with Crippen LogP contribution >= 0.6 is 0 Å². The van der Waals surface area contributed by atoms with Crippen LogP contribution in [0, 0.1) is 0 Å². The summed E-state index contributed by atoms with van der Waals surface area (Å²) < 4.78 is 16.9. The number of hydrogen-bond donors (Lipinski definition) is 0. The molecule has 0 aliphatic rings. The first-order valence-corrected chi connectivity index (χ1v) is 28.8. The number of ether oxygens (including phenoxy) is 3. The van der Waals surface area contributed by atoms with Gasteiger partial charge in [-0.15, -0.1) is 0 Å². The van der Waals surface area contributed by atoms with E-state index in [1.54, 1.807) is 0 Å². The van der Waals surface area contributed by atoms with E-state index in [0.29, 0.717) is 19.3 Å². The van der Waals surface area contributed by atoms with Crippen molar-refractivity contribution in [1.29, 1.82) is 0 Å². The Hall–Kier alpha value is -2.11. The first-order valence-electron chi connectivity index (χ1n) is 28.8. The minimum absolute atomic E-state index is 0.0733. The lowest BCUT2D eigenvalue weighted by Crippen LogP contribution is -2.30. The van der Waals surface area contributed by atoms with Crippen LogP contribution in [0.2, 0.25) is 0 Å². The average molecular weight is 916 g/mol. The van der Waals surface area contributed by atoms with Crippen LogP contribution in [0.25, 0.3) is 0 Å². The normalized spacial score (nSPS) is 12.1. The molecule has 0 saturated carbocycles. The van der Waals surface area contributed by atoms with Crippen LogP contribution in [0.4, 0.5) is 0 Å². The third-order valence-corrected chi connectivity index (χ3v) is 12.9. The molecule has 0 N–H and O–H groups in total. The van der Waals surface area contributed by atoms with Crippen molar-refractivity contribution in [1.82, 2.24) is 0 Å². The van der Waals surface area contributed by atoms with E-state index in [4.69, 9.17) is 14.2 Å². The molecular weight excluding hydrogens is 805 g/mol. The lowest BCUT2D eigenvalue weighted by Gasteiger charge is -2.18. The van der Waals surface area contributed by atoms with E-state index < -0.39 is 6.10 Å². The van der Waals surface area contributed by atoms with E-state index in [2.05, 4.69) is 45.1 Å². The van der Waals surface area contributed by atoms with Gasteiger partial charge in [0.2, 0.25) is 0 Å². The second kappa shape index (κ2) is 54.5. The largest absolute Gasteiger partial charge is 0.462 e. The molecule has 0 rings (SSSR count). The first kappa shape index (κ1) is 62.9. The summed E-state index contributed by atoms with van der Waals surface area (Å²) in [6.45, 7) is 6.65. The molecule has 0 aromatic rings. The number of rotatable bonds is 53. The molecule has 6 heteroatoms. The van der Waals surface area contributed by atoms with Gasteiger partial charge in [0, 0.05) is 19.3 Å². The van der Waals surface area contributed by atoms with Crippen LogP contribution < -0.4 is 0 Å². The van der Waals surface area contributed by atoms with Crippen molar-refractivity contribution >= 4 is 17.9 Å². The molecule has 0 radical (unpaired) electrons. The van der Waals surface area contributed by atoms with Crippen molar-refractivity contribution in [3.63, 3.8) is 0 Å². The minimum atomic E-state index is -0.775. The molecule has 382 valence electrons. The summed E-state index contributed by atoms with van der Waals surface area (Å²) in [4.78, 5) is 38.1. The molecule has 0 spiro atoms. The number of unbranched alkanes of at least 4 members (excludes halogenated alkanes) is 38. The third-order valence-electron chi connectivity index (χ3n) is 12.9. The van der Waals surface area contributed by atoms with Crippen LogP contribution in [0.5, 0.6) is 0 Å². The summed E-state index contributed by atoms with van der Waals surface area (Å²) in [6.07, 6.45) is 63.1. The Morgan fingerprint density at radius 1 is 0.292 bits per heavy atom. The maximum atomic E-state index is 12.8. The highest BCUT2D eigenvalue weighted by Crippen LogP contribution is 2.17. The molecule has 1 unspecified atom stereocenters. The van der Waals surface area contributed by atoms with Crippen molar-refractivity contribution in [3.8, 4) is 0 Å². The zero-order valence-corrected chi connectivity index (χ0v) is 43.8. The van der Waals surface area contributed by atoms with Gasteiger partial charge in [0.05, 0.1) is 0 Å². The molecule has 0 aromatic carbocycles. The number of hydrogen-bond acceptors (Lipinski definition) is 6. The van der Waals surface area contributed by atoms with Crippen molar-refractivity contribution in [2.45, 2.75) is 322 Å². The molecule has 0 aliphatic heterocycles. The molecule has 1 atom stereocenters. The van der Waals surface area contributed by atoms with Crippen LogP contribution in [0.3, 0.4) is 0 Å². The standard InChI is InChI=1S/C59H110O6/c1-4-7-10-13-16-19-22-25-27-28-29-30-32-34-37-40-43-46-49-52-58(61)64-55-56(54-63-57(60)51-48-45-42-39-36-33-24-21-18-15-12-9-6-3)65-59(62)53-50-47-44-41-38-35-31-26-23-20-17-14-11-8-5-2/h20,23,33,36,56H,4-19,21-22,24-32,34-35,37-55H2,1-3H3/b23-20-,36-33-. The van der Waals surface area contributed by atoms with Crippen molar-refractivity contribution in [2.24, 2.45) is 0 Å². The zero-order chi connectivity index (χ0) is 47.2. The zero-order valence-electron chi connectivity index (χ0n) is 43.8. The third kappa shape index (κ3) is 52.7. The Bertz CT molecular complexity index is 1050. The highest BCUT2D eigenvalue weighted by Gasteiger charge is 2.19. The summed E-state index contributed by atoms with van der Waals surface area (Å²) in [6, 6.07) is 0. The Balaban J connectivity index is 4.31. The molecular formula is C59H110O6. The molecule has 0 amide bonds. The van der Waals surface area contributed by atoms with E-state index in [9.17, 15) is 14.4 Å². The van der Waals surface area contributed by atoms with Gasteiger partial charge in [-0.05, 0) is 70.6 Å². The number of allylic oxidation sites excluding steroid dienone is 4. The Morgan fingerprint density at radius 2 is 0.508 bits per heavy atom. The Morgan fingerprint density at radius 3 is 0.800 bits per heavy atom. The smallest absolute Gasteiger partial charge is 0.306 e. The number of esters is 3. The van der Waals surface area contributed by atoms with E-state index in [0.717, 1.165) is 70.6 Å². The summed E-state index contributed by atoms with van der Waals surface area (Å²) >= 11 is 0. The topological polar surface area (TPSA) is 78.9 Å². The summed E-state index contributed by atoms with van der Waals surface area (Å²) in [5.41, 5.74) is 0. The summed E-state index contributed by atoms with van der Waals surface area (Å²) in [7, 11) is 0. The predicted molar refractivity (Wildman–Crippen MR) is 279 cm³/mol. The van der Waals surface area contributed by atoms with Gasteiger partial charge in [-0.2, -0.15) is 0 Å². The average Bonchev–Trinajstić information content (AvgIpc) is 3.30. The van der Waals surface area contributed by atoms with Gasteiger partial charge in [-0.1, -0.05) is 251 Å². The Kier molecular flexibility index (Phi) is 52.7. The molecule has 0 aliphatic carbocycles. The van der Waals surface area contributed by atoms with E-state index in [-0.39, 0.29) is 31.1 Å². The molecule has 0 aromatic heterocycles. The number of carbonyl (C=O) groups is 3. The molecule has 65 heavy (non-hydrogen) atoms. The van der Waals surface area contributed by atoms with Gasteiger partial charge in [-0.3, -0.25) is 14.4 Å². The maximum absolute atomic E-state index is 12.8. The molecule has 6 nitrogen and oxygen atoms in total. The summed E-state index contributed by atoms with van der Waals surface area (Å²) in [5, 5.41) is 0. The highest BCUT2D eigenvalue weighted by molar-refractivity contribution is 5.71. The molecule has 0 saturated heterocycles. The molecule has 0 fully saturated rings. The van der Waals surface area contributed by atoms with Crippen LogP contribution in [0.1, 0.15) is 316 Å². The molecule has 0 heterocycles. The van der Waals surface area contributed by atoms with Gasteiger partial charge in [0.15, 0.2) is 6.10 Å². The second-order valence-electron chi connectivity index (χ2n) is 19.6. The first-order chi connectivity index (χ1) is 32.0. The lowest BCUT2D eigenvalue weighted by molar-refractivity contribution is -0.167. The maximum Gasteiger partial charge on any atom is 0.306 e.